The summed E-state index contributed by atoms with van der Waals surface area (Å²) in [5.41, 5.74) is 3.81. The Bertz CT molecular complexity index is 840. The fourth-order valence-corrected chi connectivity index (χ4v) is 3.93. The largest absolute Gasteiger partial charge is 0.454 e. The van der Waals surface area contributed by atoms with E-state index in [2.05, 4.69) is 55.1 Å². The second-order valence-corrected chi connectivity index (χ2v) is 8.24. The highest BCUT2D eigenvalue weighted by molar-refractivity contribution is 5.76. The highest BCUT2D eigenvalue weighted by Gasteiger charge is 2.21. The lowest BCUT2D eigenvalue weighted by molar-refractivity contribution is -0.133. The van der Waals surface area contributed by atoms with E-state index >= 15 is 0 Å². The molecule has 2 aliphatic rings. The lowest BCUT2D eigenvalue weighted by Gasteiger charge is -2.35. The summed E-state index contributed by atoms with van der Waals surface area (Å²) >= 11 is 0. The Labute approximate surface area is 173 Å². The minimum Gasteiger partial charge on any atom is -0.454 e. The number of hydrogen-bond acceptors (Lipinski definition) is 4. The maximum absolute atomic E-state index is 12.6. The van der Waals surface area contributed by atoms with Gasteiger partial charge in [0.15, 0.2) is 11.5 Å². The van der Waals surface area contributed by atoms with Crippen molar-refractivity contribution in [1.29, 1.82) is 0 Å². The number of amides is 1. The molecule has 0 spiro atoms. The van der Waals surface area contributed by atoms with Crippen LogP contribution in [-0.2, 0) is 17.8 Å². The summed E-state index contributed by atoms with van der Waals surface area (Å²) in [6.45, 7) is 9.00. The molecule has 1 saturated heterocycles. The summed E-state index contributed by atoms with van der Waals surface area (Å²) in [6, 6.07) is 14.8. The standard InChI is InChI=1S/C24H30N2O3/c1-18(2)21-7-3-19(4-8-21)6-10-24(27)26-13-11-25(12-14-26)16-20-5-9-22-23(15-20)29-17-28-22/h3-5,7-9,15,18H,6,10-14,16-17H2,1-2H3. The van der Waals surface area contributed by atoms with Gasteiger partial charge in [0.25, 0.3) is 0 Å². The lowest BCUT2D eigenvalue weighted by Crippen LogP contribution is -2.48. The summed E-state index contributed by atoms with van der Waals surface area (Å²) < 4.78 is 10.8. The van der Waals surface area contributed by atoms with Crippen molar-refractivity contribution in [3.05, 3.63) is 59.2 Å². The molecule has 5 heteroatoms. The van der Waals surface area contributed by atoms with Gasteiger partial charge in [0.05, 0.1) is 0 Å². The third kappa shape index (κ3) is 4.91. The van der Waals surface area contributed by atoms with Crippen LogP contribution < -0.4 is 9.47 Å². The van der Waals surface area contributed by atoms with Crippen molar-refractivity contribution in [2.45, 2.75) is 39.2 Å². The molecule has 4 rings (SSSR count). The molecule has 1 amide bonds. The third-order valence-corrected chi connectivity index (χ3v) is 5.84. The molecule has 0 aliphatic carbocycles. The molecule has 29 heavy (non-hydrogen) atoms. The third-order valence-electron chi connectivity index (χ3n) is 5.84. The minimum atomic E-state index is 0.265. The normalized spacial score (nSPS) is 16.4. The van der Waals surface area contributed by atoms with E-state index in [-0.39, 0.29) is 5.91 Å². The van der Waals surface area contributed by atoms with Gasteiger partial charge in [-0.15, -0.1) is 0 Å². The summed E-state index contributed by atoms with van der Waals surface area (Å²) in [6.07, 6.45) is 1.40. The number of rotatable bonds is 6. The molecule has 154 valence electrons. The van der Waals surface area contributed by atoms with Crippen LogP contribution in [0.3, 0.4) is 0 Å². The molecule has 1 fully saturated rings. The van der Waals surface area contributed by atoms with E-state index in [9.17, 15) is 4.79 Å². The van der Waals surface area contributed by atoms with E-state index in [0.29, 0.717) is 19.1 Å². The first-order valence-corrected chi connectivity index (χ1v) is 10.6. The van der Waals surface area contributed by atoms with Gasteiger partial charge in [-0.05, 0) is 41.2 Å². The fourth-order valence-electron chi connectivity index (χ4n) is 3.93. The lowest BCUT2D eigenvalue weighted by atomic mass is 10.00. The molecule has 0 atom stereocenters. The van der Waals surface area contributed by atoms with E-state index in [1.165, 1.54) is 16.7 Å². The summed E-state index contributed by atoms with van der Waals surface area (Å²) in [5.74, 6) is 2.46. The SMILES string of the molecule is CC(C)c1ccc(CCC(=O)N2CCN(Cc3ccc4c(c3)OCO4)CC2)cc1. The van der Waals surface area contributed by atoms with Gasteiger partial charge < -0.3 is 14.4 Å². The number of ether oxygens (including phenoxy) is 2. The number of aryl methyl sites for hydroxylation is 1. The molecule has 0 aromatic heterocycles. The molecule has 0 bridgehead atoms. The van der Waals surface area contributed by atoms with Gasteiger partial charge in [0, 0.05) is 39.1 Å². The summed E-state index contributed by atoms with van der Waals surface area (Å²) in [5, 5.41) is 0. The molecule has 0 radical (unpaired) electrons. The average molecular weight is 395 g/mol. The molecular weight excluding hydrogens is 364 g/mol. The molecular formula is C24H30N2O3. The van der Waals surface area contributed by atoms with E-state index in [4.69, 9.17) is 9.47 Å². The van der Waals surface area contributed by atoms with Crippen molar-refractivity contribution in [3.63, 3.8) is 0 Å². The Morgan fingerprint density at radius 1 is 0.931 bits per heavy atom. The van der Waals surface area contributed by atoms with Crippen LogP contribution >= 0.6 is 0 Å². The molecule has 0 saturated carbocycles. The Morgan fingerprint density at radius 3 is 2.34 bits per heavy atom. The first kappa shape index (κ1) is 19.8. The molecule has 2 heterocycles. The molecule has 2 aromatic carbocycles. The zero-order chi connectivity index (χ0) is 20.2. The van der Waals surface area contributed by atoms with Crippen molar-refractivity contribution >= 4 is 5.91 Å². The number of hydrogen-bond donors (Lipinski definition) is 0. The Hall–Kier alpha value is -2.53. The van der Waals surface area contributed by atoms with Gasteiger partial charge in [-0.1, -0.05) is 44.2 Å². The van der Waals surface area contributed by atoms with Gasteiger partial charge in [-0.3, -0.25) is 9.69 Å². The van der Waals surface area contributed by atoms with E-state index < -0.39 is 0 Å². The first-order chi connectivity index (χ1) is 14.1. The quantitative estimate of drug-likeness (QED) is 0.747. The summed E-state index contributed by atoms with van der Waals surface area (Å²) in [7, 11) is 0. The Balaban J connectivity index is 1.22. The van der Waals surface area contributed by atoms with Gasteiger partial charge in [-0.25, -0.2) is 0 Å². The van der Waals surface area contributed by atoms with Gasteiger partial charge in [0.2, 0.25) is 12.7 Å². The highest BCUT2D eigenvalue weighted by atomic mass is 16.7. The number of piperazine rings is 1. The number of benzene rings is 2. The maximum atomic E-state index is 12.6. The van der Waals surface area contributed by atoms with Crippen LogP contribution in [0.2, 0.25) is 0 Å². The van der Waals surface area contributed by atoms with E-state index in [1.807, 2.05) is 11.0 Å². The van der Waals surface area contributed by atoms with Gasteiger partial charge in [-0.2, -0.15) is 0 Å². The number of nitrogens with zero attached hydrogens (tertiary/aromatic N) is 2. The fraction of sp³-hybridized carbons (Fsp3) is 0.458. The topological polar surface area (TPSA) is 42.0 Å². The molecule has 0 N–H and O–H groups in total. The Morgan fingerprint density at radius 2 is 1.62 bits per heavy atom. The predicted octanol–water partition coefficient (Wildman–Crippen LogP) is 3.82. The van der Waals surface area contributed by atoms with E-state index in [0.717, 1.165) is 50.6 Å². The molecule has 5 nitrogen and oxygen atoms in total. The molecule has 2 aromatic rings. The summed E-state index contributed by atoms with van der Waals surface area (Å²) in [4.78, 5) is 17.0. The van der Waals surface area contributed by atoms with Crippen LogP contribution in [0.15, 0.2) is 42.5 Å². The van der Waals surface area contributed by atoms with Crippen LogP contribution in [0.4, 0.5) is 0 Å². The van der Waals surface area contributed by atoms with Crippen LogP contribution in [0.5, 0.6) is 11.5 Å². The average Bonchev–Trinajstić information content (AvgIpc) is 3.21. The van der Waals surface area contributed by atoms with Crippen LogP contribution in [-0.4, -0.2) is 48.7 Å². The van der Waals surface area contributed by atoms with Crippen molar-refractivity contribution in [2.75, 3.05) is 33.0 Å². The van der Waals surface area contributed by atoms with Crippen LogP contribution in [0, 0.1) is 0 Å². The maximum Gasteiger partial charge on any atom is 0.231 e. The zero-order valence-corrected chi connectivity index (χ0v) is 17.4. The number of carbonyl (C=O) groups excluding carboxylic acids is 1. The second kappa shape index (κ2) is 8.87. The van der Waals surface area contributed by atoms with Gasteiger partial charge in [0.1, 0.15) is 0 Å². The van der Waals surface area contributed by atoms with Crippen LogP contribution in [0.1, 0.15) is 42.9 Å². The Kier molecular flexibility index (Phi) is 6.05. The zero-order valence-electron chi connectivity index (χ0n) is 17.4. The van der Waals surface area contributed by atoms with E-state index in [1.54, 1.807) is 0 Å². The van der Waals surface area contributed by atoms with Crippen molar-refractivity contribution < 1.29 is 14.3 Å². The van der Waals surface area contributed by atoms with Crippen molar-refractivity contribution in [1.82, 2.24) is 9.80 Å². The molecule has 2 aliphatic heterocycles. The van der Waals surface area contributed by atoms with Crippen LogP contribution in [0.25, 0.3) is 0 Å². The second-order valence-electron chi connectivity index (χ2n) is 8.24. The number of fused-ring (bicyclic) bond motifs is 1. The smallest absolute Gasteiger partial charge is 0.231 e. The first-order valence-electron chi connectivity index (χ1n) is 10.6. The van der Waals surface area contributed by atoms with Crippen molar-refractivity contribution in [3.8, 4) is 11.5 Å². The predicted molar refractivity (Wildman–Crippen MR) is 113 cm³/mol. The minimum absolute atomic E-state index is 0.265. The highest BCUT2D eigenvalue weighted by Crippen LogP contribution is 2.32. The van der Waals surface area contributed by atoms with Crippen molar-refractivity contribution in [2.24, 2.45) is 0 Å². The van der Waals surface area contributed by atoms with Gasteiger partial charge >= 0.3 is 0 Å². The molecule has 0 unspecified atom stereocenters. The monoisotopic (exact) mass is 394 g/mol. The number of carbonyl (C=O) groups is 1.